The van der Waals surface area contributed by atoms with Gasteiger partial charge in [-0.25, -0.2) is 4.79 Å². The Balaban J connectivity index is 2.36. The average Bonchev–Trinajstić information content (AvgIpc) is 2.28. The van der Waals surface area contributed by atoms with E-state index in [4.69, 9.17) is 0 Å². The van der Waals surface area contributed by atoms with Crippen LogP contribution >= 0.6 is 0 Å². The monoisotopic (exact) mass is 305 g/mol. The lowest BCUT2D eigenvalue weighted by Gasteiger charge is -2.37. The Labute approximate surface area is 117 Å². The fourth-order valence-electron chi connectivity index (χ4n) is 2.13. The summed E-state index contributed by atoms with van der Waals surface area (Å²) in [5.41, 5.74) is -2.18. The summed E-state index contributed by atoms with van der Waals surface area (Å²) in [6, 6.07) is -0.518. The van der Waals surface area contributed by atoms with Crippen LogP contribution in [0.25, 0.3) is 0 Å². The number of carbonyl (C=O) groups excluding carboxylic acids is 1. The molecule has 116 valence electrons. The molecular formula is C12H14F3N3O3. The van der Waals surface area contributed by atoms with Gasteiger partial charge in [-0.05, 0) is 19.3 Å². The highest BCUT2D eigenvalue weighted by Crippen LogP contribution is 2.29. The van der Waals surface area contributed by atoms with Crippen LogP contribution in [0.4, 0.5) is 13.2 Å². The van der Waals surface area contributed by atoms with Crippen molar-refractivity contribution in [2.75, 3.05) is 6.54 Å². The Kier molecular flexibility index (Phi) is 3.93. The van der Waals surface area contributed by atoms with E-state index in [2.05, 4.69) is 0 Å². The molecule has 1 aromatic rings. The maximum absolute atomic E-state index is 12.6. The Bertz CT molecular complexity index is 658. The smallest absolute Gasteiger partial charge is 0.326 e. The molecular weight excluding hydrogens is 291 g/mol. The first-order valence-corrected chi connectivity index (χ1v) is 6.37. The third-order valence-corrected chi connectivity index (χ3v) is 3.46. The number of hydrogen-bond acceptors (Lipinski definition) is 3. The Morgan fingerprint density at radius 1 is 1.43 bits per heavy atom. The Morgan fingerprint density at radius 2 is 2.05 bits per heavy atom. The minimum atomic E-state index is -4.54. The van der Waals surface area contributed by atoms with Crippen molar-refractivity contribution < 1.29 is 18.0 Å². The van der Waals surface area contributed by atoms with Crippen molar-refractivity contribution in [2.24, 2.45) is 7.05 Å². The Morgan fingerprint density at radius 3 is 2.52 bits per heavy atom. The van der Waals surface area contributed by atoms with Crippen molar-refractivity contribution in [1.29, 1.82) is 0 Å². The highest BCUT2D eigenvalue weighted by Gasteiger charge is 2.39. The number of nitrogens with zero attached hydrogens (tertiary/aromatic N) is 2. The van der Waals surface area contributed by atoms with Crippen LogP contribution in [0.5, 0.6) is 0 Å². The number of H-pyrrole nitrogens is 1. The zero-order valence-electron chi connectivity index (χ0n) is 11.2. The van der Waals surface area contributed by atoms with Crippen molar-refractivity contribution in [3.63, 3.8) is 0 Å². The molecule has 0 aromatic carbocycles. The number of amides is 1. The summed E-state index contributed by atoms with van der Waals surface area (Å²) in [4.78, 5) is 37.7. The van der Waals surface area contributed by atoms with Gasteiger partial charge in [0.15, 0.2) is 0 Å². The van der Waals surface area contributed by atoms with Crippen molar-refractivity contribution in [3.8, 4) is 0 Å². The molecule has 0 spiro atoms. The van der Waals surface area contributed by atoms with Crippen LogP contribution in [0.2, 0.25) is 0 Å². The second-order valence-electron chi connectivity index (χ2n) is 5.05. The number of aromatic nitrogens is 2. The Hall–Kier alpha value is -2.06. The molecule has 6 nitrogen and oxygen atoms in total. The second-order valence-corrected chi connectivity index (χ2v) is 5.05. The van der Waals surface area contributed by atoms with Crippen molar-refractivity contribution in [2.45, 2.75) is 31.5 Å². The van der Waals surface area contributed by atoms with E-state index in [1.54, 1.807) is 0 Å². The minimum Gasteiger partial charge on any atom is -0.326 e. The molecule has 0 atom stereocenters. The van der Waals surface area contributed by atoms with Gasteiger partial charge in [-0.15, -0.1) is 0 Å². The molecule has 1 aliphatic rings. The zero-order valence-corrected chi connectivity index (χ0v) is 11.2. The molecule has 2 rings (SSSR count). The summed E-state index contributed by atoms with van der Waals surface area (Å²) in [7, 11) is 1.30. The minimum absolute atomic E-state index is 0.465. The number of hydrogen-bond donors (Lipinski definition) is 1. The van der Waals surface area contributed by atoms with Crippen LogP contribution in [-0.4, -0.2) is 39.1 Å². The van der Waals surface area contributed by atoms with Crippen molar-refractivity contribution in [1.82, 2.24) is 14.5 Å². The quantitative estimate of drug-likeness (QED) is 0.890. The summed E-state index contributed by atoms with van der Waals surface area (Å²) in [6.45, 7) is -1.40. The molecule has 9 heteroatoms. The number of alkyl halides is 3. The lowest BCUT2D eigenvalue weighted by Crippen LogP contribution is -2.50. The summed E-state index contributed by atoms with van der Waals surface area (Å²) in [5.74, 6) is -1.01. The third kappa shape index (κ3) is 3.34. The predicted molar refractivity (Wildman–Crippen MR) is 67.0 cm³/mol. The van der Waals surface area contributed by atoms with Crippen LogP contribution in [0.15, 0.2) is 15.8 Å². The standard InChI is InChI=1S/C12H14F3N3O3/c1-17-5-8(9(19)16-11(17)21)10(20)18(6-12(13,14)15)7-3-2-4-7/h5,7H,2-4,6H2,1H3,(H,16,19,21). The topological polar surface area (TPSA) is 75.2 Å². The summed E-state index contributed by atoms with van der Waals surface area (Å²) in [5, 5.41) is 0. The van der Waals surface area contributed by atoms with Gasteiger partial charge >= 0.3 is 11.9 Å². The van der Waals surface area contributed by atoms with Crippen LogP contribution in [0.3, 0.4) is 0 Å². The van der Waals surface area contributed by atoms with Crippen molar-refractivity contribution in [3.05, 3.63) is 32.6 Å². The molecule has 1 fully saturated rings. The zero-order chi connectivity index (χ0) is 15.8. The number of halogens is 3. The molecule has 1 heterocycles. The molecule has 0 unspecified atom stereocenters. The van der Waals surface area contributed by atoms with E-state index in [0.29, 0.717) is 17.7 Å². The van der Waals surface area contributed by atoms with Crippen LogP contribution in [-0.2, 0) is 7.05 Å². The first-order chi connectivity index (χ1) is 9.69. The molecule has 1 N–H and O–H groups in total. The molecule has 1 saturated carbocycles. The van der Waals surface area contributed by atoms with E-state index in [1.807, 2.05) is 4.98 Å². The van der Waals surface area contributed by atoms with Gasteiger partial charge in [-0.3, -0.25) is 14.6 Å². The molecule has 0 aliphatic heterocycles. The van der Waals surface area contributed by atoms with Crippen LogP contribution < -0.4 is 11.2 Å². The number of nitrogens with one attached hydrogen (secondary N) is 1. The number of aromatic amines is 1. The maximum atomic E-state index is 12.6. The van der Waals surface area contributed by atoms with E-state index >= 15 is 0 Å². The predicted octanol–water partition coefficient (Wildman–Crippen LogP) is 0.631. The largest absolute Gasteiger partial charge is 0.406 e. The fourth-order valence-corrected chi connectivity index (χ4v) is 2.13. The van der Waals surface area contributed by atoms with E-state index in [9.17, 15) is 27.6 Å². The van der Waals surface area contributed by atoms with Gasteiger partial charge < -0.3 is 9.47 Å². The molecule has 21 heavy (non-hydrogen) atoms. The summed E-state index contributed by atoms with van der Waals surface area (Å²) < 4.78 is 38.8. The van der Waals surface area contributed by atoms with E-state index in [-0.39, 0.29) is 0 Å². The summed E-state index contributed by atoms with van der Waals surface area (Å²) in [6.07, 6.45) is -1.88. The van der Waals surface area contributed by atoms with E-state index in [0.717, 1.165) is 17.2 Å². The SMILES string of the molecule is Cn1cc(C(=O)N(CC(F)(F)F)C2CCC2)c(=O)[nH]c1=O. The summed E-state index contributed by atoms with van der Waals surface area (Å²) >= 11 is 0. The number of rotatable bonds is 3. The van der Waals surface area contributed by atoms with Gasteiger partial charge in [0.05, 0.1) is 0 Å². The number of aryl methyl sites for hydroxylation is 1. The van der Waals surface area contributed by atoms with Gasteiger partial charge in [-0.2, -0.15) is 13.2 Å². The highest BCUT2D eigenvalue weighted by atomic mass is 19.4. The lowest BCUT2D eigenvalue weighted by atomic mass is 9.91. The van der Waals surface area contributed by atoms with Gasteiger partial charge in [-0.1, -0.05) is 0 Å². The molecule has 1 aromatic heterocycles. The fraction of sp³-hybridized carbons (Fsp3) is 0.583. The first kappa shape index (κ1) is 15.3. The highest BCUT2D eigenvalue weighted by molar-refractivity contribution is 5.93. The maximum Gasteiger partial charge on any atom is 0.406 e. The third-order valence-electron chi connectivity index (χ3n) is 3.46. The lowest BCUT2D eigenvalue weighted by molar-refractivity contribution is -0.147. The van der Waals surface area contributed by atoms with Gasteiger partial charge in [0, 0.05) is 19.3 Å². The van der Waals surface area contributed by atoms with Gasteiger partial charge in [0.2, 0.25) is 0 Å². The van der Waals surface area contributed by atoms with Gasteiger partial charge in [0.1, 0.15) is 12.1 Å². The van der Waals surface area contributed by atoms with E-state index in [1.165, 1.54) is 7.05 Å². The van der Waals surface area contributed by atoms with E-state index < -0.39 is 41.5 Å². The molecule has 0 saturated heterocycles. The van der Waals surface area contributed by atoms with Gasteiger partial charge in [0.25, 0.3) is 11.5 Å². The molecule has 0 radical (unpaired) electrons. The number of carbonyl (C=O) groups is 1. The van der Waals surface area contributed by atoms with Crippen molar-refractivity contribution >= 4 is 5.91 Å². The average molecular weight is 305 g/mol. The normalized spacial score (nSPS) is 15.6. The molecule has 1 amide bonds. The molecule has 0 bridgehead atoms. The van der Waals surface area contributed by atoms with Crippen LogP contribution in [0.1, 0.15) is 29.6 Å². The second kappa shape index (κ2) is 5.38. The molecule has 1 aliphatic carbocycles. The first-order valence-electron chi connectivity index (χ1n) is 6.37. The van der Waals surface area contributed by atoms with Crippen LogP contribution in [0, 0.1) is 0 Å².